The average molecular weight is 451 g/mol. The van der Waals surface area contributed by atoms with Crippen molar-refractivity contribution in [3.05, 3.63) is 99.5 Å². The highest BCUT2D eigenvalue weighted by molar-refractivity contribution is 8.23. The Hall–Kier alpha value is -2.90. The van der Waals surface area contributed by atoms with Gasteiger partial charge in [0.2, 0.25) is 0 Å². The lowest BCUT2D eigenvalue weighted by Gasteiger charge is -2.20. The number of thioether (sulfide) groups is 1. The van der Waals surface area contributed by atoms with E-state index >= 15 is 0 Å². The molecule has 7 heteroatoms. The number of pyridine rings is 1. The molecular weight excluding hydrogens is 428 g/mol. The zero-order valence-corrected chi connectivity index (χ0v) is 18.7. The number of amides is 1. The monoisotopic (exact) mass is 450 g/mol. The summed E-state index contributed by atoms with van der Waals surface area (Å²) in [6.07, 6.45) is 0. The van der Waals surface area contributed by atoms with Gasteiger partial charge in [-0.15, -0.1) is 0 Å². The zero-order valence-electron chi connectivity index (χ0n) is 17.1. The van der Waals surface area contributed by atoms with Gasteiger partial charge < -0.3 is 9.30 Å². The molecule has 0 saturated carbocycles. The van der Waals surface area contributed by atoms with Crippen LogP contribution in [-0.4, -0.2) is 32.0 Å². The highest BCUT2D eigenvalue weighted by Gasteiger charge is 2.29. The molecule has 2 heterocycles. The predicted octanol–water partition coefficient (Wildman–Crippen LogP) is 4.26. The van der Waals surface area contributed by atoms with E-state index in [1.165, 1.54) is 11.8 Å². The number of nitrogens with zero attached hydrogens (tertiary/aromatic N) is 2. The van der Waals surface area contributed by atoms with Crippen molar-refractivity contribution in [3.8, 4) is 5.75 Å². The molecule has 1 saturated heterocycles. The Labute approximate surface area is 190 Å². The van der Waals surface area contributed by atoms with E-state index in [1.54, 1.807) is 15.5 Å². The molecule has 31 heavy (non-hydrogen) atoms. The number of aromatic nitrogens is 1. The Bertz CT molecular complexity index is 1160. The Morgan fingerprint density at radius 3 is 2.32 bits per heavy atom. The van der Waals surface area contributed by atoms with E-state index in [0.29, 0.717) is 23.1 Å². The van der Waals surface area contributed by atoms with Crippen LogP contribution in [0, 0.1) is 6.92 Å². The minimum atomic E-state index is -0.319. The predicted molar refractivity (Wildman–Crippen MR) is 128 cm³/mol. The highest BCUT2D eigenvalue weighted by Crippen LogP contribution is 2.25. The maximum Gasteiger partial charge on any atom is 0.294 e. The van der Waals surface area contributed by atoms with Crippen molar-refractivity contribution in [3.63, 3.8) is 0 Å². The number of carbonyl (C=O) groups is 1. The molecule has 4 rings (SSSR count). The van der Waals surface area contributed by atoms with Gasteiger partial charge in [-0.1, -0.05) is 84.6 Å². The molecule has 0 radical (unpaired) electrons. The van der Waals surface area contributed by atoms with Gasteiger partial charge in [-0.2, -0.15) is 0 Å². The van der Waals surface area contributed by atoms with Gasteiger partial charge in [0.15, 0.2) is 5.75 Å². The first kappa shape index (κ1) is 21.3. The Morgan fingerprint density at radius 2 is 1.71 bits per heavy atom. The molecular formula is C24H22N2O3S2. The number of aryl methyl sites for hydroxylation is 1. The lowest BCUT2D eigenvalue weighted by Crippen LogP contribution is -2.34. The second-order valence-electron chi connectivity index (χ2n) is 7.25. The number of ether oxygens (including phenoxy) is 1. The van der Waals surface area contributed by atoms with Crippen LogP contribution in [0.5, 0.6) is 5.75 Å². The molecule has 1 aliphatic rings. The zero-order chi connectivity index (χ0) is 21.8. The van der Waals surface area contributed by atoms with Crippen LogP contribution in [0.3, 0.4) is 0 Å². The molecule has 1 aromatic heterocycles. The third kappa shape index (κ3) is 4.73. The van der Waals surface area contributed by atoms with Crippen LogP contribution < -0.4 is 10.3 Å². The molecule has 1 fully saturated rings. The summed E-state index contributed by atoms with van der Waals surface area (Å²) in [5, 5.41) is 0. The van der Waals surface area contributed by atoms with E-state index in [1.807, 2.05) is 67.6 Å². The fraction of sp³-hybridized carbons (Fsp3) is 0.208. The summed E-state index contributed by atoms with van der Waals surface area (Å²) >= 11 is 6.79. The van der Waals surface area contributed by atoms with E-state index in [4.69, 9.17) is 17.0 Å². The van der Waals surface area contributed by atoms with Gasteiger partial charge in [0.05, 0.1) is 12.1 Å². The van der Waals surface area contributed by atoms with Gasteiger partial charge in [-0.05, 0) is 24.1 Å². The maximum absolute atomic E-state index is 13.5. The van der Waals surface area contributed by atoms with Crippen molar-refractivity contribution in [2.45, 2.75) is 20.1 Å². The van der Waals surface area contributed by atoms with Crippen molar-refractivity contribution in [1.29, 1.82) is 0 Å². The molecule has 158 valence electrons. The van der Waals surface area contributed by atoms with Crippen molar-refractivity contribution in [2.75, 3.05) is 12.3 Å². The smallest absolute Gasteiger partial charge is 0.294 e. The number of benzene rings is 2. The van der Waals surface area contributed by atoms with E-state index in [2.05, 4.69) is 0 Å². The second-order valence-corrected chi connectivity index (χ2v) is 8.98. The molecule has 2 aromatic carbocycles. The third-order valence-electron chi connectivity index (χ3n) is 5.11. The summed E-state index contributed by atoms with van der Waals surface area (Å²) in [6.45, 7) is 2.97. The van der Waals surface area contributed by atoms with Crippen molar-refractivity contribution < 1.29 is 9.53 Å². The fourth-order valence-electron chi connectivity index (χ4n) is 3.46. The third-order valence-corrected chi connectivity index (χ3v) is 6.54. The lowest BCUT2D eigenvalue weighted by atomic mass is 10.1. The highest BCUT2D eigenvalue weighted by atomic mass is 32.2. The van der Waals surface area contributed by atoms with Crippen LogP contribution in [0.15, 0.2) is 71.5 Å². The summed E-state index contributed by atoms with van der Waals surface area (Å²) in [7, 11) is 0. The lowest BCUT2D eigenvalue weighted by molar-refractivity contribution is 0.0856. The second kappa shape index (κ2) is 9.49. The minimum Gasteiger partial charge on any atom is -0.482 e. The maximum atomic E-state index is 13.5. The van der Waals surface area contributed by atoms with Gasteiger partial charge in [0.1, 0.15) is 10.9 Å². The van der Waals surface area contributed by atoms with Crippen LogP contribution in [0.1, 0.15) is 27.2 Å². The van der Waals surface area contributed by atoms with Crippen molar-refractivity contribution >= 4 is 34.2 Å². The first-order chi connectivity index (χ1) is 15.0. The summed E-state index contributed by atoms with van der Waals surface area (Å²) in [4.78, 5) is 28.3. The van der Waals surface area contributed by atoms with E-state index in [-0.39, 0.29) is 29.4 Å². The average Bonchev–Trinajstić information content (AvgIpc) is 3.22. The number of carbonyl (C=O) groups excluding carboxylic acids is 1. The molecule has 1 aliphatic heterocycles. The van der Waals surface area contributed by atoms with Crippen molar-refractivity contribution in [1.82, 2.24) is 9.47 Å². The number of rotatable bonds is 6. The summed E-state index contributed by atoms with van der Waals surface area (Å²) in [5.41, 5.74) is 2.55. The number of thiocarbonyl (C=S) groups is 1. The number of hydrogen-bond acceptors (Lipinski definition) is 5. The molecule has 0 N–H and O–H groups in total. The van der Waals surface area contributed by atoms with E-state index in [0.717, 1.165) is 16.9 Å². The standard InChI is InChI=1S/C24H22N2O3S2/c1-17-14-20(22(27)25-12-13-31-24(25)30)21(29-16-19-10-6-3-7-11-19)23(28)26(17)15-18-8-4-2-5-9-18/h2-11,14H,12-13,15-16H2,1H3. The SMILES string of the molecule is Cc1cc(C(=O)N2CCSC2=S)c(OCc2ccccc2)c(=O)n1Cc1ccccc1. The topological polar surface area (TPSA) is 51.5 Å². The van der Waals surface area contributed by atoms with Gasteiger partial charge in [-0.25, -0.2) is 0 Å². The van der Waals surface area contributed by atoms with Crippen LogP contribution in [0.4, 0.5) is 0 Å². The van der Waals surface area contributed by atoms with E-state index in [9.17, 15) is 9.59 Å². The Kier molecular flexibility index (Phi) is 6.53. The fourth-order valence-corrected chi connectivity index (χ4v) is 4.67. The molecule has 1 amide bonds. The largest absolute Gasteiger partial charge is 0.482 e. The van der Waals surface area contributed by atoms with Gasteiger partial charge in [0.25, 0.3) is 11.5 Å². The van der Waals surface area contributed by atoms with Crippen LogP contribution >= 0.6 is 24.0 Å². The molecule has 3 aromatic rings. The van der Waals surface area contributed by atoms with Crippen LogP contribution in [0.2, 0.25) is 0 Å². The summed E-state index contributed by atoms with van der Waals surface area (Å²) < 4.78 is 8.15. The first-order valence-electron chi connectivity index (χ1n) is 9.98. The van der Waals surface area contributed by atoms with E-state index < -0.39 is 0 Å². The molecule has 0 aliphatic carbocycles. The Balaban J connectivity index is 1.74. The normalized spacial score (nSPS) is 13.5. The van der Waals surface area contributed by atoms with Gasteiger partial charge >= 0.3 is 0 Å². The molecule has 5 nitrogen and oxygen atoms in total. The van der Waals surface area contributed by atoms with Crippen molar-refractivity contribution in [2.24, 2.45) is 0 Å². The summed E-state index contributed by atoms with van der Waals surface area (Å²) in [6, 6.07) is 21.1. The molecule has 0 atom stereocenters. The first-order valence-corrected chi connectivity index (χ1v) is 11.4. The van der Waals surface area contributed by atoms with Crippen LogP contribution in [-0.2, 0) is 13.2 Å². The molecule has 0 unspecified atom stereocenters. The van der Waals surface area contributed by atoms with Gasteiger partial charge in [0, 0.05) is 18.0 Å². The molecule has 0 bridgehead atoms. The number of hydrogen-bond donors (Lipinski definition) is 0. The minimum absolute atomic E-state index is 0.0649. The van der Waals surface area contributed by atoms with Gasteiger partial charge in [-0.3, -0.25) is 14.5 Å². The molecule has 0 spiro atoms. The Morgan fingerprint density at radius 1 is 1.06 bits per heavy atom. The summed E-state index contributed by atoms with van der Waals surface area (Å²) in [5.74, 6) is 0.537. The van der Waals surface area contributed by atoms with Crippen LogP contribution in [0.25, 0.3) is 0 Å². The quantitative estimate of drug-likeness (QED) is 0.526.